The van der Waals surface area contributed by atoms with Crippen LogP contribution in [0, 0.1) is 0 Å². The van der Waals surface area contributed by atoms with Crippen molar-refractivity contribution in [2.45, 2.75) is 25.4 Å². The molecule has 1 saturated carbocycles. The SMILES string of the molecule is CNCc1ccc(N(C)C2CC2)cc1Cl. The fourth-order valence-electron chi connectivity index (χ4n) is 1.76. The molecule has 3 heteroatoms. The summed E-state index contributed by atoms with van der Waals surface area (Å²) < 4.78 is 0. The van der Waals surface area contributed by atoms with Crippen molar-refractivity contribution in [1.29, 1.82) is 0 Å². The minimum absolute atomic E-state index is 0.733. The number of hydrogen-bond acceptors (Lipinski definition) is 2. The van der Waals surface area contributed by atoms with Crippen LogP contribution in [-0.4, -0.2) is 20.1 Å². The Morgan fingerprint density at radius 3 is 2.73 bits per heavy atom. The molecular formula is C12H17ClN2. The molecule has 0 aliphatic heterocycles. The van der Waals surface area contributed by atoms with Crippen molar-refractivity contribution in [1.82, 2.24) is 5.32 Å². The Balaban J connectivity index is 2.16. The van der Waals surface area contributed by atoms with Gasteiger partial charge < -0.3 is 10.2 Å². The van der Waals surface area contributed by atoms with Crippen molar-refractivity contribution < 1.29 is 0 Å². The second kappa shape index (κ2) is 4.42. The van der Waals surface area contributed by atoms with Crippen LogP contribution in [0.5, 0.6) is 0 Å². The van der Waals surface area contributed by atoms with Crippen LogP contribution in [0.4, 0.5) is 5.69 Å². The van der Waals surface area contributed by atoms with Crippen molar-refractivity contribution in [2.75, 3.05) is 19.0 Å². The van der Waals surface area contributed by atoms with E-state index in [1.165, 1.54) is 18.5 Å². The van der Waals surface area contributed by atoms with E-state index < -0.39 is 0 Å². The van der Waals surface area contributed by atoms with E-state index in [4.69, 9.17) is 11.6 Å². The summed E-state index contributed by atoms with van der Waals surface area (Å²) in [6.07, 6.45) is 2.62. The molecule has 1 aromatic carbocycles. The number of benzene rings is 1. The Bertz CT molecular complexity index is 347. The summed E-state index contributed by atoms with van der Waals surface area (Å²) in [5.74, 6) is 0. The molecule has 0 radical (unpaired) electrons. The van der Waals surface area contributed by atoms with E-state index in [-0.39, 0.29) is 0 Å². The van der Waals surface area contributed by atoms with E-state index in [1.807, 2.05) is 7.05 Å². The minimum Gasteiger partial charge on any atom is -0.372 e. The van der Waals surface area contributed by atoms with E-state index in [1.54, 1.807) is 0 Å². The largest absolute Gasteiger partial charge is 0.372 e. The third-order valence-corrected chi connectivity index (χ3v) is 3.26. The van der Waals surface area contributed by atoms with E-state index in [0.29, 0.717) is 0 Å². The predicted molar refractivity (Wildman–Crippen MR) is 65.6 cm³/mol. The van der Waals surface area contributed by atoms with Crippen molar-refractivity contribution in [3.05, 3.63) is 28.8 Å². The lowest BCUT2D eigenvalue weighted by atomic mass is 10.2. The second-order valence-corrected chi connectivity index (χ2v) is 4.56. The van der Waals surface area contributed by atoms with Gasteiger partial charge in [-0.3, -0.25) is 0 Å². The number of nitrogens with zero attached hydrogens (tertiary/aromatic N) is 1. The average Bonchev–Trinajstić information content (AvgIpc) is 3.04. The molecule has 0 saturated heterocycles. The Labute approximate surface area is 96.2 Å². The highest BCUT2D eigenvalue weighted by Crippen LogP contribution is 2.32. The van der Waals surface area contributed by atoms with Gasteiger partial charge in [-0.1, -0.05) is 17.7 Å². The lowest BCUT2D eigenvalue weighted by Gasteiger charge is -2.19. The zero-order chi connectivity index (χ0) is 10.8. The van der Waals surface area contributed by atoms with Crippen molar-refractivity contribution >= 4 is 17.3 Å². The Hall–Kier alpha value is -0.730. The van der Waals surface area contributed by atoms with Crippen molar-refractivity contribution in [3.8, 4) is 0 Å². The molecule has 0 amide bonds. The maximum atomic E-state index is 6.21. The van der Waals surface area contributed by atoms with Crippen LogP contribution in [-0.2, 0) is 6.54 Å². The highest BCUT2D eigenvalue weighted by molar-refractivity contribution is 6.31. The molecule has 1 aliphatic rings. The van der Waals surface area contributed by atoms with E-state index in [2.05, 4.69) is 35.5 Å². The summed E-state index contributed by atoms with van der Waals surface area (Å²) in [5.41, 5.74) is 2.38. The first-order valence-electron chi connectivity index (χ1n) is 5.38. The van der Waals surface area contributed by atoms with Gasteiger partial charge >= 0.3 is 0 Å². The topological polar surface area (TPSA) is 15.3 Å². The molecule has 2 rings (SSSR count). The van der Waals surface area contributed by atoms with Gasteiger partial charge in [0.25, 0.3) is 0 Å². The number of halogens is 1. The predicted octanol–water partition coefficient (Wildman–Crippen LogP) is 2.66. The molecule has 0 bridgehead atoms. The maximum absolute atomic E-state index is 6.21. The normalized spacial score (nSPS) is 15.4. The molecule has 1 aliphatic carbocycles. The third kappa shape index (κ3) is 2.44. The molecule has 0 atom stereocenters. The zero-order valence-electron chi connectivity index (χ0n) is 9.26. The fourth-order valence-corrected chi connectivity index (χ4v) is 2.00. The summed E-state index contributed by atoms with van der Waals surface area (Å²) in [6, 6.07) is 7.05. The molecule has 1 fully saturated rings. The molecule has 0 unspecified atom stereocenters. The molecule has 2 nitrogen and oxygen atoms in total. The molecule has 82 valence electrons. The Morgan fingerprint density at radius 1 is 1.47 bits per heavy atom. The average molecular weight is 225 g/mol. The fraction of sp³-hybridized carbons (Fsp3) is 0.500. The quantitative estimate of drug-likeness (QED) is 0.846. The van der Waals surface area contributed by atoms with Crippen molar-refractivity contribution in [3.63, 3.8) is 0 Å². The number of nitrogens with one attached hydrogen (secondary N) is 1. The van der Waals surface area contributed by atoms with Gasteiger partial charge in [-0.25, -0.2) is 0 Å². The van der Waals surface area contributed by atoms with Gasteiger partial charge in [0.2, 0.25) is 0 Å². The lowest BCUT2D eigenvalue weighted by Crippen LogP contribution is -2.19. The first kappa shape index (κ1) is 10.8. The monoisotopic (exact) mass is 224 g/mol. The van der Waals surface area contributed by atoms with Gasteiger partial charge in [-0.2, -0.15) is 0 Å². The molecule has 0 spiro atoms. The van der Waals surface area contributed by atoms with Crippen LogP contribution in [0.25, 0.3) is 0 Å². The first-order chi connectivity index (χ1) is 7.22. The molecule has 1 aromatic rings. The molecule has 1 N–H and O–H groups in total. The maximum Gasteiger partial charge on any atom is 0.0471 e. The molecule has 15 heavy (non-hydrogen) atoms. The lowest BCUT2D eigenvalue weighted by molar-refractivity contribution is 0.817. The minimum atomic E-state index is 0.733. The van der Waals surface area contributed by atoms with E-state index >= 15 is 0 Å². The molecule has 0 aromatic heterocycles. The second-order valence-electron chi connectivity index (χ2n) is 4.15. The zero-order valence-corrected chi connectivity index (χ0v) is 10.0. The van der Waals surface area contributed by atoms with Crippen LogP contribution < -0.4 is 10.2 Å². The van der Waals surface area contributed by atoms with E-state index in [0.717, 1.165) is 23.2 Å². The number of hydrogen-bond donors (Lipinski definition) is 1. The van der Waals surface area contributed by atoms with Crippen LogP contribution in [0.2, 0.25) is 5.02 Å². The summed E-state index contributed by atoms with van der Waals surface area (Å²) in [6.45, 7) is 0.826. The smallest absolute Gasteiger partial charge is 0.0471 e. The van der Waals surface area contributed by atoms with Gasteiger partial charge in [0.15, 0.2) is 0 Å². The number of rotatable bonds is 4. The van der Waals surface area contributed by atoms with Crippen LogP contribution in [0.1, 0.15) is 18.4 Å². The Morgan fingerprint density at radius 2 is 2.20 bits per heavy atom. The molecular weight excluding hydrogens is 208 g/mol. The third-order valence-electron chi connectivity index (χ3n) is 2.91. The van der Waals surface area contributed by atoms with Crippen LogP contribution in [0.3, 0.4) is 0 Å². The standard InChI is InChI=1S/C12H17ClN2/c1-14-8-9-3-4-11(7-12(9)13)15(2)10-5-6-10/h3-4,7,10,14H,5-6,8H2,1-2H3. The summed E-state index contributed by atoms with van der Waals surface area (Å²) >= 11 is 6.21. The number of anilines is 1. The van der Waals surface area contributed by atoms with Crippen molar-refractivity contribution in [2.24, 2.45) is 0 Å². The summed E-state index contributed by atoms with van der Waals surface area (Å²) in [4.78, 5) is 2.31. The van der Waals surface area contributed by atoms with Crippen LogP contribution >= 0.6 is 11.6 Å². The van der Waals surface area contributed by atoms with Gasteiger partial charge in [-0.15, -0.1) is 0 Å². The summed E-state index contributed by atoms with van der Waals surface area (Å²) in [5, 5.41) is 3.97. The van der Waals surface area contributed by atoms with Gasteiger partial charge in [0, 0.05) is 30.3 Å². The van der Waals surface area contributed by atoms with Gasteiger partial charge in [-0.05, 0) is 37.6 Å². The van der Waals surface area contributed by atoms with Gasteiger partial charge in [0.1, 0.15) is 0 Å². The first-order valence-corrected chi connectivity index (χ1v) is 5.76. The highest BCUT2D eigenvalue weighted by atomic mass is 35.5. The molecule has 0 heterocycles. The van der Waals surface area contributed by atoms with E-state index in [9.17, 15) is 0 Å². The summed E-state index contributed by atoms with van der Waals surface area (Å²) in [7, 11) is 4.07. The highest BCUT2D eigenvalue weighted by Gasteiger charge is 2.26. The Kier molecular flexibility index (Phi) is 3.17. The van der Waals surface area contributed by atoms with Gasteiger partial charge in [0.05, 0.1) is 0 Å². The van der Waals surface area contributed by atoms with Crippen LogP contribution in [0.15, 0.2) is 18.2 Å².